The summed E-state index contributed by atoms with van der Waals surface area (Å²) in [5.41, 5.74) is 0. The van der Waals surface area contributed by atoms with Gasteiger partial charge in [0.2, 0.25) is 0 Å². The highest BCUT2D eigenvalue weighted by molar-refractivity contribution is 5.74. The molecule has 6 heteroatoms. The van der Waals surface area contributed by atoms with Crippen LogP contribution in [0.4, 0.5) is 10.6 Å². The fourth-order valence-electron chi connectivity index (χ4n) is 2.63. The number of hydrogen-bond acceptors (Lipinski definition) is 4. The van der Waals surface area contributed by atoms with Crippen molar-refractivity contribution in [2.75, 3.05) is 44.2 Å². The van der Waals surface area contributed by atoms with E-state index in [0.717, 1.165) is 24.7 Å². The summed E-state index contributed by atoms with van der Waals surface area (Å²) in [4.78, 5) is 20.6. The van der Waals surface area contributed by atoms with Crippen molar-refractivity contribution in [3.8, 4) is 5.75 Å². The molecule has 1 aromatic heterocycles. The van der Waals surface area contributed by atoms with E-state index < -0.39 is 0 Å². The van der Waals surface area contributed by atoms with Gasteiger partial charge in [-0.05, 0) is 24.3 Å². The van der Waals surface area contributed by atoms with Crippen molar-refractivity contribution < 1.29 is 9.53 Å². The molecule has 126 valence electrons. The van der Waals surface area contributed by atoms with Crippen LogP contribution in [0.5, 0.6) is 5.75 Å². The van der Waals surface area contributed by atoms with Crippen molar-refractivity contribution in [1.29, 1.82) is 0 Å². The van der Waals surface area contributed by atoms with Crippen LogP contribution < -0.4 is 15.0 Å². The molecule has 0 spiro atoms. The zero-order valence-electron chi connectivity index (χ0n) is 13.6. The Morgan fingerprint density at radius 3 is 2.50 bits per heavy atom. The van der Waals surface area contributed by atoms with Crippen molar-refractivity contribution in [2.45, 2.75) is 0 Å². The molecule has 1 aliphatic rings. The zero-order valence-corrected chi connectivity index (χ0v) is 13.6. The second-order valence-corrected chi connectivity index (χ2v) is 5.56. The molecule has 2 aromatic rings. The van der Waals surface area contributed by atoms with Gasteiger partial charge in [0.1, 0.15) is 18.2 Å². The van der Waals surface area contributed by atoms with Gasteiger partial charge in [0.25, 0.3) is 0 Å². The van der Waals surface area contributed by atoms with Gasteiger partial charge in [-0.1, -0.05) is 24.3 Å². The van der Waals surface area contributed by atoms with Gasteiger partial charge in [0.15, 0.2) is 0 Å². The van der Waals surface area contributed by atoms with Crippen LogP contribution in [0.15, 0.2) is 54.7 Å². The van der Waals surface area contributed by atoms with Crippen LogP contribution in [0.3, 0.4) is 0 Å². The lowest BCUT2D eigenvalue weighted by Crippen LogP contribution is -2.52. The van der Waals surface area contributed by atoms with Crippen molar-refractivity contribution in [3.05, 3.63) is 54.7 Å². The predicted molar refractivity (Wildman–Crippen MR) is 93.4 cm³/mol. The zero-order chi connectivity index (χ0) is 16.6. The summed E-state index contributed by atoms with van der Waals surface area (Å²) in [6, 6.07) is 15.4. The van der Waals surface area contributed by atoms with E-state index in [1.165, 1.54) is 0 Å². The number of pyridine rings is 1. The van der Waals surface area contributed by atoms with Crippen LogP contribution in [0.2, 0.25) is 0 Å². The first-order chi connectivity index (χ1) is 11.8. The monoisotopic (exact) mass is 326 g/mol. The predicted octanol–water partition coefficient (Wildman–Crippen LogP) is 1.99. The number of nitrogens with zero attached hydrogens (tertiary/aromatic N) is 3. The SMILES string of the molecule is O=C(NCCOc1ccccc1)N1CCN(c2ccccn2)CC1. The smallest absolute Gasteiger partial charge is 0.317 e. The number of piperazine rings is 1. The van der Waals surface area contributed by atoms with Crippen molar-refractivity contribution in [1.82, 2.24) is 15.2 Å². The summed E-state index contributed by atoms with van der Waals surface area (Å²) in [5.74, 6) is 1.78. The van der Waals surface area contributed by atoms with Gasteiger partial charge in [-0.25, -0.2) is 9.78 Å². The number of benzene rings is 1. The number of anilines is 1. The molecule has 1 aliphatic heterocycles. The molecule has 2 heterocycles. The average molecular weight is 326 g/mol. The Morgan fingerprint density at radius 1 is 1.04 bits per heavy atom. The number of hydrogen-bond donors (Lipinski definition) is 1. The largest absolute Gasteiger partial charge is 0.492 e. The summed E-state index contributed by atoms with van der Waals surface area (Å²) in [6.45, 7) is 3.94. The highest BCUT2D eigenvalue weighted by Crippen LogP contribution is 2.12. The number of nitrogens with one attached hydrogen (secondary N) is 1. The molecule has 24 heavy (non-hydrogen) atoms. The molecule has 2 amide bonds. The van der Waals surface area contributed by atoms with E-state index >= 15 is 0 Å². The number of ether oxygens (including phenoxy) is 1. The molecule has 0 unspecified atom stereocenters. The lowest BCUT2D eigenvalue weighted by molar-refractivity contribution is 0.191. The molecular weight excluding hydrogens is 304 g/mol. The molecule has 0 atom stereocenters. The van der Waals surface area contributed by atoms with Gasteiger partial charge in [0, 0.05) is 32.4 Å². The maximum Gasteiger partial charge on any atom is 0.317 e. The van der Waals surface area contributed by atoms with E-state index in [1.807, 2.05) is 53.4 Å². The summed E-state index contributed by atoms with van der Waals surface area (Å²) >= 11 is 0. The first-order valence-electron chi connectivity index (χ1n) is 8.19. The normalized spacial score (nSPS) is 14.3. The number of carbonyl (C=O) groups excluding carboxylic acids is 1. The van der Waals surface area contributed by atoms with Crippen LogP contribution >= 0.6 is 0 Å². The molecule has 0 aliphatic carbocycles. The summed E-state index contributed by atoms with van der Waals surface area (Å²) in [7, 11) is 0. The number of para-hydroxylation sites is 1. The minimum Gasteiger partial charge on any atom is -0.492 e. The summed E-state index contributed by atoms with van der Waals surface area (Å²) in [5, 5.41) is 2.91. The lowest BCUT2D eigenvalue weighted by atomic mass is 10.3. The number of rotatable bonds is 5. The van der Waals surface area contributed by atoms with Crippen molar-refractivity contribution in [3.63, 3.8) is 0 Å². The molecule has 0 saturated carbocycles. The number of amides is 2. The Morgan fingerprint density at radius 2 is 1.79 bits per heavy atom. The Bertz CT molecular complexity index is 628. The standard InChI is InChI=1S/C18H22N4O2/c23-18(20-10-15-24-16-6-2-1-3-7-16)22-13-11-21(12-14-22)17-8-4-5-9-19-17/h1-9H,10-15H2,(H,20,23). The van der Waals surface area contributed by atoms with E-state index in [4.69, 9.17) is 4.74 Å². The molecule has 0 bridgehead atoms. The molecular formula is C18H22N4O2. The van der Waals surface area contributed by atoms with Gasteiger partial charge < -0.3 is 19.9 Å². The summed E-state index contributed by atoms with van der Waals surface area (Å²) < 4.78 is 5.57. The van der Waals surface area contributed by atoms with E-state index in [0.29, 0.717) is 26.2 Å². The topological polar surface area (TPSA) is 57.7 Å². The van der Waals surface area contributed by atoms with E-state index in [-0.39, 0.29) is 6.03 Å². The maximum atomic E-state index is 12.2. The number of aromatic nitrogens is 1. The number of urea groups is 1. The molecule has 0 radical (unpaired) electrons. The minimum atomic E-state index is -0.0349. The van der Waals surface area contributed by atoms with Gasteiger partial charge in [-0.3, -0.25) is 0 Å². The van der Waals surface area contributed by atoms with Crippen LogP contribution in [0, 0.1) is 0 Å². The van der Waals surface area contributed by atoms with E-state index in [9.17, 15) is 4.79 Å². The molecule has 1 fully saturated rings. The molecule has 1 N–H and O–H groups in total. The van der Waals surface area contributed by atoms with Gasteiger partial charge in [-0.2, -0.15) is 0 Å². The fraction of sp³-hybridized carbons (Fsp3) is 0.333. The Hall–Kier alpha value is -2.76. The second-order valence-electron chi connectivity index (χ2n) is 5.56. The average Bonchev–Trinajstić information content (AvgIpc) is 2.67. The molecule has 6 nitrogen and oxygen atoms in total. The fourth-order valence-corrected chi connectivity index (χ4v) is 2.63. The molecule has 1 saturated heterocycles. The third-order valence-corrected chi connectivity index (χ3v) is 3.93. The first kappa shape index (κ1) is 16.1. The Balaban J connectivity index is 1.36. The first-order valence-corrected chi connectivity index (χ1v) is 8.19. The third kappa shape index (κ3) is 4.38. The highest BCUT2D eigenvalue weighted by atomic mass is 16.5. The maximum absolute atomic E-state index is 12.2. The van der Waals surface area contributed by atoms with Gasteiger partial charge >= 0.3 is 6.03 Å². The lowest BCUT2D eigenvalue weighted by Gasteiger charge is -2.35. The molecule has 1 aromatic carbocycles. The van der Waals surface area contributed by atoms with E-state index in [2.05, 4.69) is 15.2 Å². The Kier molecular flexibility index (Phi) is 5.50. The molecule has 3 rings (SSSR count). The Labute approximate surface area is 142 Å². The quantitative estimate of drug-likeness (QED) is 0.854. The summed E-state index contributed by atoms with van der Waals surface area (Å²) in [6.07, 6.45) is 1.79. The van der Waals surface area contributed by atoms with Crippen LogP contribution in [-0.4, -0.2) is 55.2 Å². The van der Waals surface area contributed by atoms with Crippen LogP contribution in [0.1, 0.15) is 0 Å². The highest BCUT2D eigenvalue weighted by Gasteiger charge is 2.21. The van der Waals surface area contributed by atoms with Crippen molar-refractivity contribution in [2.24, 2.45) is 0 Å². The van der Waals surface area contributed by atoms with Gasteiger partial charge in [-0.15, -0.1) is 0 Å². The third-order valence-electron chi connectivity index (χ3n) is 3.93. The van der Waals surface area contributed by atoms with Crippen LogP contribution in [-0.2, 0) is 0 Å². The van der Waals surface area contributed by atoms with Crippen LogP contribution in [0.25, 0.3) is 0 Å². The van der Waals surface area contributed by atoms with Crippen molar-refractivity contribution >= 4 is 11.8 Å². The minimum absolute atomic E-state index is 0.0349. The van der Waals surface area contributed by atoms with E-state index in [1.54, 1.807) is 6.20 Å². The van der Waals surface area contributed by atoms with Gasteiger partial charge in [0.05, 0.1) is 6.54 Å². The number of carbonyl (C=O) groups is 1. The second kappa shape index (κ2) is 8.19.